The number of hydrogen-bond acceptors (Lipinski definition) is 2. The topological polar surface area (TPSA) is 62.6 Å². The molecule has 0 aliphatic heterocycles. The van der Waals surface area contributed by atoms with Crippen molar-refractivity contribution in [2.45, 2.75) is 19.5 Å². The van der Waals surface area contributed by atoms with Gasteiger partial charge in [0.25, 0.3) is 5.91 Å². The maximum atomic E-state index is 11.8. The molecular weight excluding hydrogens is 266 g/mol. The number of carbonyl (C=O) groups is 2. The lowest BCUT2D eigenvalue weighted by Crippen LogP contribution is -3.12. The Hall–Kier alpha value is -1.59. The van der Waals surface area contributed by atoms with Crippen molar-refractivity contribution in [1.29, 1.82) is 0 Å². The number of benzene rings is 1. The van der Waals surface area contributed by atoms with Crippen LogP contribution < -0.4 is 15.5 Å². The number of nitrogens with one attached hydrogen (secondary N) is 3. The molecule has 1 unspecified atom stereocenters. The van der Waals surface area contributed by atoms with Crippen LogP contribution in [0.1, 0.15) is 12.5 Å². The average Bonchev–Trinajstić information content (AvgIpc) is 2.37. The van der Waals surface area contributed by atoms with Crippen LogP contribution in [0.5, 0.6) is 0 Å². The first-order chi connectivity index (χ1) is 8.93. The molecule has 1 rings (SSSR count). The maximum absolute atomic E-state index is 11.8. The molecule has 1 aromatic carbocycles. The van der Waals surface area contributed by atoms with Crippen molar-refractivity contribution in [2.75, 3.05) is 14.1 Å². The number of likely N-dealkylation sites (N-methyl/N-ethyl adjacent to an activating group) is 1. The molecule has 19 heavy (non-hydrogen) atoms. The molecule has 0 spiro atoms. The number of amides is 3. The zero-order valence-corrected chi connectivity index (χ0v) is 12.0. The van der Waals surface area contributed by atoms with E-state index in [9.17, 15) is 9.59 Å². The van der Waals surface area contributed by atoms with E-state index in [1.54, 1.807) is 6.92 Å². The highest BCUT2D eigenvalue weighted by Crippen LogP contribution is 2.09. The molecule has 0 saturated heterocycles. The number of quaternary nitrogens is 1. The highest BCUT2D eigenvalue weighted by Gasteiger charge is 2.23. The van der Waals surface area contributed by atoms with Crippen LogP contribution in [-0.4, -0.2) is 32.1 Å². The lowest BCUT2D eigenvalue weighted by Gasteiger charge is -2.20. The van der Waals surface area contributed by atoms with Gasteiger partial charge in [-0.15, -0.1) is 0 Å². The zero-order valence-electron chi connectivity index (χ0n) is 11.3. The Morgan fingerprint density at radius 2 is 2.11 bits per heavy atom. The second kappa shape index (κ2) is 7.11. The summed E-state index contributed by atoms with van der Waals surface area (Å²) in [6.07, 6.45) is 0. The molecule has 0 fully saturated rings. The van der Waals surface area contributed by atoms with Gasteiger partial charge in [0.2, 0.25) is 0 Å². The van der Waals surface area contributed by atoms with Crippen molar-refractivity contribution in [3.05, 3.63) is 34.9 Å². The van der Waals surface area contributed by atoms with E-state index < -0.39 is 6.03 Å². The summed E-state index contributed by atoms with van der Waals surface area (Å²) in [5.41, 5.74) is 1.05. The predicted molar refractivity (Wildman–Crippen MR) is 74.1 cm³/mol. The van der Waals surface area contributed by atoms with Gasteiger partial charge in [-0.3, -0.25) is 10.1 Å². The highest BCUT2D eigenvalue weighted by atomic mass is 35.5. The van der Waals surface area contributed by atoms with Gasteiger partial charge in [-0.25, -0.2) is 4.79 Å². The summed E-state index contributed by atoms with van der Waals surface area (Å²) in [5, 5.41) is 5.29. The third kappa shape index (κ3) is 4.89. The summed E-state index contributed by atoms with van der Waals surface area (Å²) in [6.45, 7) is 2.43. The lowest BCUT2D eigenvalue weighted by atomic mass is 10.2. The first kappa shape index (κ1) is 15.5. The molecule has 0 aromatic heterocycles. The minimum Gasteiger partial charge on any atom is -0.341 e. The molecule has 1 aromatic rings. The van der Waals surface area contributed by atoms with E-state index in [4.69, 9.17) is 11.6 Å². The fourth-order valence-electron chi connectivity index (χ4n) is 1.63. The Labute approximate surface area is 117 Å². The van der Waals surface area contributed by atoms with Crippen LogP contribution in [0.25, 0.3) is 0 Å². The third-order valence-corrected chi connectivity index (χ3v) is 3.20. The highest BCUT2D eigenvalue weighted by molar-refractivity contribution is 6.30. The molecule has 104 valence electrons. The SMILES string of the molecule is CNC(=O)NC(=O)[C@H](C)[NH+](C)Cc1cccc(Cl)c1. The smallest absolute Gasteiger partial charge is 0.321 e. The van der Waals surface area contributed by atoms with Gasteiger partial charge in [-0.05, 0) is 19.1 Å². The van der Waals surface area contributed by atoms with Crippen molar-refractivity contribution in [3.8, 4) is 0 Å². The van der Waals surface area contributed by atoms with E-state index in [1.165, 1.54) is 7.05 Å². The fraction of sp³-hybridized carbons (Fsp3) is 0.385. The molecule has 3 N–H and O–H groups in total. The summed E-state index contributed by atoms with van der Waals surface area (Å²) in [5.74, 6) is -0.307. The van der Waals surface area contributed by atoms with E-state index in [0.29, 0.717) is 11.6 Å². The van der Waals surface area contributed by atoms with Crippen LogP contribution in [0.2, 0.25) is 5.02 Å². The Balaban J connectivity index is 2.59. The van der Waals surface area contributed by atoms with Crippen molar-refractivity contribution >= 4 is 23.5 Å². The summed E-state index contributed by atoms with van der Waals surface area (Å²) in [7, 11) is 3.37. The van der Waals surface area contributed by atoms with E-state index in [2.05, 4.69) is 10.6 Å². The molecule has 0 bridgehead atoms. The van der Waals surface area contributed by atoms with Gasteiger partial charge in [0, 0.05) is 17.6 Å². The average molecular weight is 285 g/mol. The van der Waals surface area contributed by atoms with E-state index >= 15 is 0 Å². The monoisotopic (exact) mass is 284 g/mol. The van der Waals surface area contributed by atoms with Crippen molar-refractivity contribution in [2.24, 2.45) is 0 Å². The van der Waals surface area contributed by atoms with Crippen LogP contribution in [-0.2, 0) is 11.3 Å². The fourth-order valence-corrected chi connectivity index (χ4v) is 1.84. The van der Waals surface area contributed by atoms with E-state index in [-0.39, 0.29) is 11.9 Å². The zero-order chi connectivity index (χ0) is 14.4. The standard InChI is InChI=1S/C13H18ClN3O2/c1-9(12(18)16-13(19)15-2)17(3)8-10-5-4-6-11(14)7-10/h4-7,9H,8H2,1-3H3,(H2,15,16,18,19)/p+1/t9-/m0/s1. The molecule has 0 saturated carbocycles. The van der Waals surface area contributed by atoms with E-state index in [0.717, 1.165) is 10.5 Å². The van der Waals surface area contributed by atoms with Crippen LogP contribution in [0, 0.1) is 0 Å². The molecule has 2 atom stereocenters. The molecule has 3 amide bonds. The number of hydrogen-bond donors (Lipinski definition) is 3. The predicted octanol–water partition coefficient (Wildman–Crippen LogP) is 0.199. The maximum Gasteiger partial charge on any atom is 0.321 e. The molecule has 0 aliphatic rings. The van der Waals surface area contributed by atoms with Gasteiger partial charge in [-0.1, -0.05) is 23.7 Å². The van der Waals surface area contributed by atoms with Crippen molar-refractivity contribution in [1.82, 2.24) is 10.6 Å². The molecule has 5 nitrogen and oxygen atoms in total. The number of rotatable bonds is 4. The van der Waals surface area contributed by atoms with Crippen LogP contribution in [0.4, 0.5) is 4.79 Å². The van der Waals surface area contributed by atoms with Gasteiger partial charge in [0.05, 0.1) is 7.05 Å². The molecule has 0 aliphatic carbocycles. The normalized spacial score (nSPS) is 13.5. The molecule has 0 radical (unpaired) electrons. The minimum atomic E-state index is -0.493. The summed E-state index contributed by atoms with van der Waals surface area (Å²) >= 11 is 5.92. The van der Waals surface area contributed by atoms with Crippen LogP contribution >= 0.6 is 11.6 Å². The molecule has 6 heteroatoms. The van der Waals surface area contributed by atoms with E-state index in [1.807, 2.05) is 31.3 Å². The summed E-state index contributed by atoms with van der Waals surface area (Å²) in [6, 6.07) is 6.68. The second-order valence-corrected chi connectivity index (χ2v) is 4.88. The first-order valence-electron chi connectivity index (χ1n) is 6.03. The van der Waals surface area contributed by atoms with Gasteiger partial charge >= 0.3 is 6.03 Å². The van der Waals surface area contributed by atoms with Gasteiger partial charge in [0.15, 0.2) is 6.04 Å². The summed E-state index contributed by atoms with van der Waals surface area (Å²) in [4.78, 5) is 23.9. The van der Waals surface area contributed by atoms with Gasteiger partial charge in [0.1, 0.15) is 6.54 Å². The quantitative estimate of drug-likeness (QED) is 0.740. The minimum absolute atomic E-state index is 0.307. The number of carbonyl (C=O) groups excluding carboxylic acids is 2. The Morgan fingerprint density at radius 1 is 1.42 bits per heavy atom. The van der Waals surface area contributed by atoms with Crippen molar-refractivity contribution < 1.29 is 14.5 Å². The molecular formula is C13H19ClN3O2+. The number of urea groups is 1. The van der Waals surface area contributed by atoms with Gasteiger partial charge in [-0.2, -0.15) is 0 Å². The van der Waals surface area contributed by atoms with Crippen LogP contribution in [0.15, 0.2) is 24.3 Å². The largest absolute Gasteiger partial charge is 0.341 e. The molecule has 0 heterocycles. The third-order valence-electron chi connectivity index (χ3n) is 2.97. The van der Waals surface area contributed by atoms with Crippen molar-refractivity contribution in [3.63, 3.8) is 0 Å². The Morgan fingerprint density at radius 3 is 2.68 bits per heavy atom. The summed E-state index contributed by atoms with van der Waals surface area (Å²) < 4.78 is 0. The number of halogens is 1. The van der Waals surface area contributed by atoms with Gasteiger partial charge < -0.3 is 10.2 Å². The Kier molecular flexibility index (Phi) is 5.79. The first-order valence-corrected chi connectivity index (χ1v) is 6.41. The Bertz CT molecular complexity index is 465. The number of imide groups is 1. The van der Waals surface area contributed by atoms with Crippen LogP contribution in [0.3, 0.4) is 0 Å². The second-order valence-electron chi connectivity index (χ2n) is 4.44. The lowest BCUT2D eigenvalue weighted by molar-refractivity contribution is -0.908.